The quantitative estimate of drug-likeness (QED) is 0.856. The summed E-state index contributed by atoms with van der Waals surface area (Å²) in [5.74, 6) is 0. The smallest absolute Gasteiger partial charge is 0.0485 e. The Balaban J connectivity index is 2.49. The molecule has 1 heterocycles. The van der Waals surface area contributed by atoms with Gasteiger partial charge in [0.1, 0.15) is 0 Å². The van der Waals surface area contributed by atoms with E-state index in [1.165, 1.54) is 27.7 Å². The molecule has 0 unspecified atom stereocenters. The Morgan fingerprint density at radius 3 is 2.59 bits per heavy atom. The highest BCUT2D eigenvalue weighted by molar-refractivity contribution is 5.85. The highest BCUT2D eigenvalue weighted by atomic mass is 15.0. The van der Waals surface area contributed by atoms with Gasteiger partial charge in [-0.2, -0.15) is 0 Å². The van der Waals surface area contributed by atoms with Crippen molar-refractivity contribution in [3.05, 3.63) is 35.0 Å². The van der Waals surface area contributed by atoms with Crippen LogP contribution in [0.2, 0.25) is 0 Å². The van der Waals surface area contributed by atoms with E-state index >= 15 is 0 Å². The van der Waals surface area contributed by atoms with Gasteiger partial charge < -0.3 is 9.88 Å². The maximum atomic E-state index is 3.50. The van der Waals surface area contributed by atoms with Gasteiger partial charge >= 0.3 is 0 Å². The first-order valence-electron chi connectivity index (χ1n) is 6.28. The van der Waals surface area contributed by atoms with Crippen molar-refractivity contribution in [1.82, 2.24) is 9.88 Å². The molecule has 0 saturated carbocycles. The van der Waals surface area contributed by atoms with Crippen LogP contribution < -0.4 is 5.32 Å². The van der Waals surface area contributed by atoms with E-state index in [4.69, 9.17) is 0 Å². The highest BCUT2D eigenvalue weighted by Gasteiger charge is 2.11. The van der Waals surface area contributed by atoms with E-state index < -0.39 is 0 Å². The molecule has 2 aromatic rings. The van der Waals surface area contributed by atoms with Gasteiger partial charge in [0.15, 0.2) is 0 Å². The third-order valence-corrected chi connectivity index (χ3v) is 3.43. The van der Waals surface area contributed by atoms with Gasteiger partial charge in [-0.15, -0.1) is 0 Å². The average Bonchev–Trinajstić information content (AvgIpc) is 2.49. The predicted molar refractivity (Wildman–Crippen MR) is 74.4 cm³/mol. The summed E-state index contributed by atoms with van der Waals surface area (Å²) in [6.07, 6.45) is 0. The third-order valence-electron chi connectivity index (χ3n) is 3.43. The minimum Gasteiger partial charge on any atom is -0.346 e. The van der Waals surface area contributed by atoms with Crippen molar-refractivity contribution in [3.8, 4) is 0 Å². The van der Waals surface area contributed by atoms with Gasteiger partial charge in [-0.1, -0.05) is 26.0 Å². The summed E-state index contributed by atoms with van der Waals surface area (Å²) in [4.78, 5) is 0. The normalized spacial score (nSPS) is 11.6. The van der Waals surface area contributed by atoms with Crippen LogP contribution in [0.15, 0.2) is 18.2 Å². The summed E-state index contributed by atoms with van der Waals surface area (Å²) in [7, 11) is 2.16. The van der Waals surface area contributed by atoms with Gasteiger partial charge in [0, 0.05) is 36.2 Å². The van der Waals surface area contributed by atoms with E-state index in [2.05, 4.69) is 62.8 Å². The van der Waals surface area contributed by atoms with Crippen molar-refractivity contribution in [2.75, 3.05) is 0 Å². The molecule has 1 aromatic carbocycles. The molecule has 0 spiro atoms. The molecular formula is C15H22N2. The molecule has 0 atom stereocenters. The van der Waals surface area contributed by atoms with Gasteiger partial charge in [-0.05, 0) is 31.0 Å². The summed E-state index contributed by atoms with van der Waals surface area (Å²) in [5.41, 5.74) is 5.44. The lowest BCUT2D eigenvalue weighted by molar-refractivity contribution is 0.571. The minimum absolute atomic E-state index is 0.522. The monoisotopic (exact) mass is 230 g/mol. The van der Waals surface area contributed by atoms with Crippen LogP contribution in [0.3, 0.4) is 0 Å². The van der Waals surface area contributed by atoms with E-state index in [1.807, 2.05) is 0 Å². The number of aryl methyl sites for hydroxylation is 3. The molecule has 2 rings (SSSR count). The molecule has 0 amide bonds. The van der Waals surface area contributed by atoms with Crippen LogP contribution in [0.4, 0.5) is 0 Å². The second kappa shape index (κ2) is 4.53. The van der Waals surface area contributed by atoms with E-state index in [0.717, 1.165) is 6.54 Å². The molecule has 0 fully saturated rings. The zero-order chi connectivity index (χ0) is 12.6. The molecule has 0 aliphatic heterocycles. The van der Waals surface area contributed by atoms with E-state index in [-0.39, 0.29) is 0 Å². The van der Waals surface area contributed by atoms with Crippen LogP contribution in [0.1, 0.15) is 30.7 Å². The molecule has 2 nitrogen and oxygen atoms in total. The van der Waals surface area contributed by atoms with Gasteiger partial charge in [0.25, 0.3) is 0 Å². The first kappa shape index (κ1) is 12.2. The Hall–Kier alpha value is -1.28. The van der Waals surface area contributed by atoms with Crippen molar-refractivity contribution in [1.29, 1.82) is 0 Å². The Morgan fingerprint density at radius 1 is 1.24 bits per heavy atom. The molecule has 2 heteroatoms. The van der Waals surface area contributed by atoms with Gasteiger partial charge in [-0.3, -0.25) is 0 Å². The molecule has 0 saturated heterocycles. The summed E-state index contributed by atoms with van der Waals surface area (Å²) < 4.78 is 2.31. The number of nitrogens with one attached hydrogen (secondary N) is 1. The molecular weight excluding hydrogens is 208 g/mol. The molecule has 92 valence electrons. The third kappa shape index (κ3) is 2.22. The van der Waals surface area contributed by atoms with Crippen LogP contribution in [0, 0.1) is 13.8 Å². The standard InChI is InChI=1S/C15H22N2/c1-10(2)16-9-15-12(4)13-7-6-11(3)8-14(13)17(15)5/h6-8,10,16H,9H2,1-5H3. The lowest BCUT2D eigenvalue weighted by atomic mass is 10.1. The van der Waals surface area contributed by atoms with Crippen LogP contribution in [0.5, 0.6) is 0 Å². The van der Waals surface area contributed by atoms with E-state index in [9.17, 15) is 0 Å². The van der Waals surface area contributed by atoms with Gasteiger partial charge in [0.05, 0.1) is 0 Å². The van der Waals surface area contributed by atoms with Crippen molar-refractivity contribution >= 4 is 10.9 Å². The molecule has 17 heavy (non-hydrogen) atoms. The zero-order valence-corrected chi connectivity index (χ0v) is 11.5. The minimum atomic E-state index is 0.522. The number of nitrogens with zero attached hydrogens (tertiary/aromatic N) is 1. The number of hydrogen-bond donors (Lipinski definition) is 1. The van der Waals surface area contributed by atoms with Gasteiger partial charge in [-0.25, -0.2) is 0 Å². The summed E-state index contributed by atoms with van der Waals surface area (Å²) in [5, 5.41) is 4.87. The first-order chi connectivity index (χ1) is 8.00. The van der Waals surface area contributed by atoms with Crippen molar-refractivity contribution in [3.63, 3.8) is 0 Å². The Kier molecular flexibility index (Phi) is 3.25. The fraction of sp³-hybridized carbons (Fsp3) is 0.467. The van der Waals surface area contributed by atoms with Crippen molar-refractivity contribution < 1.29 is 0 Å². The molecule has 0 aliphatic carbocycles. The van der Waals surface area contributed by atoms with Crippen molar-refractivity contribution in [2.24, 2.45) is 7.05 Å². The molecule has 0 bridgehead atoms. The molecule has 1 N–H and O–H groups in total. The Bertz CT molecular complexity index is 535. The molecule has 1 aromatic heterocycles. The number of benzene rings is 1. The zero-order valence-electron chi connectivity index (χ0n) is 11.5. The van der Waals surface area contributed by atoms with Crippen LogP contribution in [0.25, 0.3) is 10.9 Å². The lowest BCUT2D eigenvalue weighted by Crippen LogP contribution is -2.23. The fourth-order valence-electron chi connectivity index (χ4n) is 2.34. The topological polar surface area (TPSA) is 17.0 Å². The maximum Gasteiger partial charge on any atom is 0.0485 e. The Morgan fingerprint density at radius 2 is 1.94 bits per heavy atom. The van der Waals surface area contributed by atoms with Gasteiger partial charge in [0.2, 0.25) is 0 Å². The largest absolute Gasteiger partial charge is 0.346 e. The second-order valence-corrected chi connectivity index (χ2v) is 5.19. The molecule has 0 radical (unpaired) electrons. The first-order valence-corrected chi connectivity index (χ1v) is 6.28. The number of hydrogen-bond acceptors (Lipinski definition) is 1. The average molecular weight is 230 g/mol. The highest BCUT2D eigenvalue weighted by Crippen LogP contribution is 2.25. The fourth-order valence-corrected chi connectivity index (χ4v) is 2.34. The second-order valence-electron chi connectivity index (χ2n) is 5.19. The molecule has 0 aliphatic rings. The SMILES string of the molecule is Cc1ccc2c(C)c(CNC(C)C)n(C)c2c1. The van der Waals surface area contributed by atoms with Crippen LogP contribution >= 0.6 is 0 Å². The number of aromatic nitrogens is 1. The Labute approximate surface area is 104 Å². The predicted octanol–water partition coefficient (Wildman–Crippen LogP) is 3.29. The number of rotatable bonds is 3. The van der Waals surface area contributed by atoms with Crippen LogP contribution in [-0.4, -0.2) is 10.6 Å². The summed E-state index contributed by atoms with van der Waals surface area (Å²) in [6, 6.07) is 7.21. The van der Waals surface area contributed by atoms with Crippen LogP contribution in [-0.2, 0) is 13.6 Å². The number of fused-ring (bicyclic) bond motifs is 1. The summed E-state index contributed by atoms with van der Waals surface area (Å²) in [6.45, 7) is 9.67. The van der Waals surface area contributed by atoms with E-state index in [0.29, 0.717) is 6.04 Å². The maximum absolute atomic E-state index is 3.50. The lowest BCUT2D eigenvalue weighted by Gasteiger charge is -2.10. The van der Waals surface area contributed by atoms with E-state index in [1.54, 1.807) is 0 Å². The summed E-state index contributed by atoms with van der Waals surface area (Å²) >= 11 is 0. The van der Waals surface area contributed by atoms with Crippen molar-refractivity contribution in [2.45, 2.75) is 40.3 Å².